The molecule has 3 heterocycles. The van der Waals surface area contributed by atoms with Crippen molar-refractivity contribution in [2.24, 2.45) is 0 Å². The Kier molecular flexibility index (Phi) is 7.45. The summed E-state index contributed by atoms with van der Waals surface area (Å²) in [6.45, 7) is 6.25. The van der Waals surface area contributed by atoms with Crippen molar-refractivity contribution in [1.29, 1.82) is 0 Å². The number of anilines is 4. The van der Waals surface area contributed by atoms with Gasteiger partial charge in [0.2, 0.25) is 0 Å². The molecule has 0 amide bonds. The van der Waals surface area contributed by atoms with Crippen molar-refractivity contribution < 1.29 is 15.7 Å². The lowest BCUT2D eigenvalue weighted by Crippen LogP contribution is -2.24. The van der Waals surface area contributed by atoms with Crippen LogP contribution in [0.1, 0.15) is 37.3 Å². The molecular weight excluding hydrogens is 769 g/mol. The molecule has 304 valence electrons. The molecular formula is C58H46N4O. The van der Waals surface area contributed by atoms with Crippen molar-refractivity contribution in [2.75, 3.05) is 16.5 Å². The average molecular weight is 823 g/mol. The number of nitrogens with zero attached hydrogens (tertiary/aromatic N) is 4. The predicted octanol–water partition coefficient (Wildman–Crippen LogP) is 15.5. The molecule has 0 unspecified atom stereocenters. The summed E-state index contributed by atoms with van der Waals surface area (Å²) in [6, 6.07) is 52.7. The number of hydrogen-bond acceptors (Lipinski definition) is 4. The van der Waals surface area contributed by atoms with E-state index in [2.05, 4.69) is 112 Å². The summed E-state index contributed by atoms with van der Waals surface area (Å²) in [5.41, 5.74) is 10.0. The largest absolute Gasteiger partial charge is 0.457 e. The van der Waals surface area contributed by atoms with Gasteiger partial charge in [0.25, 0.3) is 0 Å². The Balaban J connectivity index is 1.02. The quantitative estimate of drug-likeness (QED) is 0.153. The first-order chi connectivity index (χ1) is 34.2. The van der Waals surface area contributed by atoms with E-state index in [1.807, 2.05) is 69.3 Å². The van der Waals surface area contributed by atoms with Crippen molar-refractivity contribution in [3.8, 4) is 50.7 Å². The van der Waals surface area contributed by atoms with Gasteiger partial charge in [0.15, 0.2) is 0 Å². The third kappa shape index (κ3) is 6.98. The van der Waals surface area contributed by atoms with Crippen LogP contribution < -0.4 is 14.5 Å². The summed E-state index contributed by atoms with van der Waals surface area (Å²) in [7, 11) is 0. The Morgan fingerprint density at radius 3 is 1.92 bits per heavy atom. The fourth-order valence-electron chi connectivity index (χ4n) is 8.64. The lowest BCUT2D eigenvalue weighted by Gasteiger charge is -2.27. The third-order valence-corrected chi connectivity index (χ3v) is 11.7. The lowest BCUT2D eigenvalue weighted by atomic mass is 9.88. The van der Waals surface area contributed by atoms with Crippen LogP contribution in [0.3, 0.4) is 0 Å². The highest BCUT2D eigenvalue weighted by Crippen LogP contribution is 2.50. The van der Waals surface area contributed by atoms with Crippen LogP contribution in [0.2, 0.25) is 0 Å². The van der Waals surface area contributed by atoms with E-state index < -0.39 is 23.5 Å². The van der Waals surface area contributed by atoms with E-state index in [1.54, 1.807) is 22.8 Å². The normalized spacial score (nSPS) is 14.3. The van der Waals surface area contributed by atoms with Crippen LogP contribution in [0.5, 0.6) is 11.5 Å². The van der Waals surface area contributed by atoms with E-state index in [0.29, 0.717) is 45.7 Å². The molecule has 0 saturated carbocycles. The highest BCUT2D eigenvalue weighted by Gasteiger charge is 2.31. The number of hydrogen-bond donors (Lipinski definition) is 0. The van der Waals surface area contributed by atoms with Crippen LogP contribution in [-0.2, 0) is 5.41 Å². The second kappa shape index (κ2) is 15.5. The SMILES string of the molecule is [2H]c1nc(-n2c3ccc(-c4c([2H])c([2H])c([2H])c([2H])c4[2H])cc3c3ccc(Oc4cccc(N5CN(c6c(-c7ccccc7)cccc6-c6ccccc6)c6ccccc65)c4)cc32)c([2H])c(C(C)(C)C)c1[2H]. The number of aromatic nitrogens is 2. The molecule has 10 aromatic rings. The Morgan fingerprint density at radius 2 is 1.21 bits per heavy atom. The lowest BCUT2D eigenvalue weighted by molar-refractivity contribution is 0.483. The summed E-state index contributed by atoms with van der Waals surface area (Å²) < 4.78 is 78.0. The Hall–Kier alpha value is -7.89. The molecule has 0 saturated heterocycles. The molecule has 1 aliphatic rings. The number of benzene rings is 8. The van der Waals surface area contributed by atoms with E-state index in [4.69, 9.17) is 14.3 Å². The zero-order valence-corrected chi connectivity index (χ0v) is 35.0. The molecule has 0 bridgehead atoms. The molecule has 0 atom stereocenters. The molecule has 5 heteroatoms. The van der Waals surface area contributed by atoms with Gasteiger partial charge >= 0.3 is 0 Å². The smallest absolute Gasteiger partial charge is 0.137 e. The molecule has 2 aromatic heterocycles. The van der Waals surface area contributed by atoms with Crippen molar-refractivity contribution in [3.63, 3.8) is 0 Å². The topological polar surface area (TPSA) is 33.5 Å². The second-order valence-corrected chi connectivity index (χ2v) is 16.7. The predicted molar refractivity (Wildman–Crippen MR) is 262 cm³/mol. The molecule has 5 nitrogen and oxygen atoms in total. The molecule has 0 radical (unpaired) electrons. The molecule has 0 spiro atoms. The number of ether oxygens (including phenoxy) is 1. The minimum atomic E-state index is -0.657. The van der Waals surface area contributed by atoms with Gasteiger partial charge in [-0.05, 0) is 93.8 Å². The van der Waals surface area contributed by atoms with Gasteiger partial charge in [0, 0.05) is 45.9 Å². The molecule has 63 heavy (non-hydrogen) atoms. The average Bonchev–Trinajstić information content (AvgIpc) is 3.92. The maximum atomic E-state index is 9.50. The number of para-hydroxylation sites is 3. The highest BCUT2D eigenvalue weighted by atomic mass is 16.5. The van der Waals surface area contributed by atoms with Gasteiger partial charge in [-0.3, -0.25) is 4.57 Å². The first kappa shape index (κ1) is 30.2. The van der Waals surface area contributed by atoms with Crippen molar-refractivity contribution >= 4 is 44.6 Å². The monoisotopic (exact) mass is 822 g/mol. The molecule has 1 aliphatic heterocycles. The molecule has 8 aromatic carbocycles. The second-order valence-electron chi connectivity index (χ2n) is 16.7. The van der Waals surface area contributed by atoms with Crippen LogP contribution in [0.15, 0.2) is 212 Å². The number of rotatable bonds is 8. The third-order valence-electron chi connectivity index (χ3n) is 11.7. The van der Waals surface area contributed by atoms with E-state index in [-0.39, 0.29) is 41.7 Å². The van der Waals surface area contributed by atoms with Crippen molar-refractivity contribution in [2.45, 2.75) is 26.2 Å². The van der Waals surface area contributed by atoms with Crippen LogP contribution in [0.25, 0.3) is 61.0 Å². The minimum Gasteiger partial charge on any atom is -0.457 e. The minimum absolute atomic E-state index is 0.00763. The van der Waals surface area contributed by atoms with E-state index >= 15 is 0 Å². The maximum Gasteiger partial charge on any atom is 0.137 e. The zero-order valence-electron chi connectivity index (χ0n) is 43.0. The zero-order chi connectivity index (χ0) is 49.5. The van der Waals surface area contributed by atoms with Gasteiger partial charge in [0.1, 0.15) is 24.0 Å². The molecule has 0 aliphatic carbocycles. The van der Waals surface area contributed by atoms with E-state index in [0.717, 1.165) is 50.4 Å². The Labute approximate surface area is 380 Å². The fraction of sp³-hybridized carbons (Fsp3) is 0.0862. The fourth-order valence-corrected chi connectivity index (χ4v) is 8.64. The number of fused-ring (bicyclic) bond motifs is 4. The summed E-state index contributed by atoms with van der Waals surface area (Å²) in [5.74, 6) is 1.23. The maximum absolute atomic E-state index is 9.50. The Bertz CT molecular complexity index is 3670. The molecule has 0 fully saturated rings. The highest BCUT2D eigenvalue weighted by molar-refractivity contribution is 6.11. The van der Waals surface area contributed by atoms with Gasteiger partial charge in [-0.15, -0.1) is 0 Å². The molecule has 0 N–H and O–H groups in total. The molecule has 11 rings (SSSR count). The summed E-state index contributed by atoms with van der Waals surface area (Å²) >= 11 is 0. The van der Waals surface area contributed by atoms with Crippen LogP contribution >= 0.6 is 0 Å². The van der Waals surface area contributed by atoms with Gasteiger partial charge in [-0.2, -0.15) is 0 Å². The summed E-state index contributed by atoms with van der Waals surface area (Å²) in [6.07, 6.45) is -0.266. The summed E-state index contributed by atoms with van der Waals surface area (Å²) in [4.78, 5) is 9.24. The standard InChI is InChI=1S/C58H46N4O/c1-58(2,3)44-33-34-59-56(36-44)62-52-32-29-43(40-17-7-4-8-18-40)35-51(52)50-31-30-47(38-55(50)62)63-46-24-15-23-45(37-46)60-39-61(54-28-14-13-27-53(54)60)57-48(41-19-9-5-10-20-41)25-16-26-49(57)42-21-11-6-12-22-42/h4-38H,39H2,1-3H3/i4D,7D,8D,17D,18D,33D,34D,36D. The van der Waals surface area contributed by atoms with E-state index in [1.165, 1.54) is 0 Å². The van der Waals surface area contributed by atoms with Crippen LogP contribution in [0.4, 0.5) is 22.7 Å². The van der Waals surface area contributed by atoms with Gasteiger partial charge in [-0.1, -0.05) is 154 Å². The van der Waals surface area contributed by atoms with Crippen LogP contribution in [-0.4, -0.2) is 16.2 Å². The Morgan fingerprint density at radius 1 is 0.540 bits per heavy atom. The van der Waals surface area contributed by atoms with Gasteiger partial charge in [0.05, 0.1) is 39.1 Å². The van der Waals surface area contributed by atoms with Gasteiger partial charge < -0.3 is 14.5 Å². The number of pyridine rings is 1. The summed E-state index contributed by atoms with van der Waals surface area (Å²) in [5, 5.41) is 1.38. The van der Waals surface area contributed by atoms with Gasteiger partial charge in [-0.25, -0.2) is 4.98 Å². The first-order valence-electron chi connectivity index (χ1n) is 25.0. The first-order valence-corrected chi connectivity index (χ1v) is 21.0. The van der Waals surface area contributed by atoms with Crippen molar-refractivity contribution in [1.82, 2.24) is 9.55 Å². The van der Waals surface area contributed by atoms with Crippen LogP contribution in [0, 0.1) is 0 Å². The van der Waals surface area contributed by atoms with Crippen molar-refractivity contribution in [3.05, 3.63) is 218 Å². The van der Waals surface area contributed by atoms with E-state index in [9.17, 15) is 1.37 Å².